The summed E-state index contributed by atoms with van der Waals surface area (Å²) in [5, 5.41) is 0. The number of carbonyl (C=O) groups excluding carboxylic acids is 1. The first kappa shape index (κ1) is 17.0. The van der Waals surface area contributed by atoms with Gasteiger partial charge in [0.15, 0.2) is 11.5 Å². The molecular weight excluding hydrogens is 314 g/mol. The summed E-state index contributed by atoms with van der Waals surface area (Å²) in [5.74, 6) is 1.06. The average molecular weight is 337 g/mol. The molecule has 0 aliphatic carbocycles. The summed E-state index contributed by atoms with van der Waals surface area (Å²) < 4.78 is 27.9. The molecule has 24 heavy (non-hydrogen) atoms. The molecule has 2 heterocycles. The Hall–Kier alpha value is -1.83. The summed E-state index contributed by atoms with van der Waals surface area (Å²) >= 11 is 0. The maximum atomic E-state index is 12.8. The quantitative estimate of drug-likeness (QED) is 0.806. The lowest BCUT2D eigenvalue weighted by Crippen LogP contribution is -2.60. The minimum atomic E-state index is -0.690. The minimum absolute atomic E-state index is 0.170. The van der Waals surface area contributed by atoms with Crippen molar-refractivity contribution in [3.63, 3.8) is 0 Å². The molecule has 0 saturated carbocycles. The van der Waals surface area contributed by atoms with Crippen LogP contribution in [0.1, 0.15) is 0 Å². The highest BCUT2D eigenvalue weighted by Crippen LogP contribution is 2.31. The molecule has 0 spiro atoms. The first-order valence-corrected chi connectivity index (χ1v) is 7.94. The Balaban J connectivity index is 1.70. The molecule has 0 bridgehead atoms. The van der Waals surface area contributed by atoms with Gasteiger partial charge < -0.3 is 28.6 Å². The van der Waals surface area contributed by atoms with Crippen molar-refractivity contribution in [2.75, 3.05) is 41.1 Å². The standard InChI is InChI=1S/C17H23NO6/c1-18(11-8-22-9-14(20-2)16(11)21-3)17(19)15-10-23-12-6-4-5-7-13(12)24-15/h4-7,11,14-16H,8-10H2,1-3H3/t11-,14-,15?,16+/m1/s1. The van der Waals surface area contributed by atoms with E-state index >= 15 is 0 Å². The summed E-state index contributed by atoms with van der Waals surface area (Å²) in [6.45, 7) is 1.02. The van der Waals surface area contributed by atoms with Crippen LogP contribution in [0.4, 0.5) is 0 Å². The van der Waals surface area contributed by atoms with Crippen molar-refractivity contribution in [2.24, 2.45) is 0 Å². The van der Waals surface area contributed by atoms with Crippen LogP contribution in [0.5, 0.6) is 11.5 Å². The molecule has 0 aromatic heterocycles. The van der Waals surface area contributed by atoms with Crippen molar-refractivity contribution in [3.8, 4) is 11.5 Å². The number of amides is 1. The number of methoxy groups -OCH3 is 2. The topological polar surface area (TPSA) is 66.5 Å². The Labute approximate surface area is 141 Å². The van der Waals surface area contributed by atoms with Gasteiger partial charge in [-0.15, -0.1) is 0 Å². The maximum absolute atomic E-state index is 12.8. The van der Waals surface area contributed by atoms with E-state index in [1.54, 1.807) is 32.2 Å². The number of rotatable bonds is 4. The van der Waals surface area contributed by atoms with E-state index in [1.165, 1.54) is 0 Å². The summed E-state index contributed by atoms with van der Waals surface area (Å²) in [7, 11) is 4.95. The maximum Gasteiger partial charge on any atom is 0.267 e. The van der Waals surface area contributed by atoms with E-state index < -0.39 is 6.10 Å². The van der Waals surface area contributed by atoms with Crippen molar-refractivity contribution in [3.05, 3.63) is 24.3 Å². The predicted molar refractivity (Wildman–Crippen MR) is 85.3 cm³/mol. The molecule has 1 fully saturated rings. The molecule has 1 amide bonds. The Morgan fingerprint density at radius 1 is 1.12 bits per heavy atom. The summed E-state index contributed by atoms with van der Waals surface area (Å²) in [6.07, 6.45) is -1.16. The lowest BCUT2D eigenvalue weighted by Gasteiger charge is -2.41. The van der Waals surface area contributed by atoms with Crippen LogP contribution in [-0.2, 0) is 19.0 Å². The lowest BCUT2D eigenvalue weighted by atomic mass is 10.0. The molecule has 2 aliphatic rings. The molecular formula is C17H23NO6. The van der Waals surface area contributed by atoms with Gasteiger partial charge in [-0.1, -0.05) is 12.1 Å². The van der Waals surface area contributed by atoms with E-state index in [4.69, 9.17) is 23.7 Å². The Kier molecular flexibility index (Phi) is 5.23. The number of benzene rings is 1. The van der Waals surface area contributed by atoms with Gasteiger partial charge in [0.05, 0.1) is 19.3 Å². The monoisotopic (exact) mass is 337 g/mol. The zero-order chi connectivity index (χ0) is 17.1. The highest BCUT2D eigenvalue weighted by atomic mass is 16.6. The number of fused-ring (bicyclic) bond motifs is 1. The van der Waals surface area contributed by atoms with E-state index in [0.717, 1.165) is 0 Å². The first-order valence-electron chi connectivity index (χ1n) is 7.94. The molecule has 7 heteroatoms. The lowest BCUT2D eigenvalue weighted by molar-refractivity contribution is -0.170. The van der Waals surface area contributed by atoms with Crippen molar-refractivity contribution in [2.45, 2.75) is 24.4 Å². The third-order valence-electron chi connectivity index (χ3n) is 4.52. The van der Waals surface area contributed by atoms with Gasteiger partial charge in [-0.3, -0.25) is 4.79 Å². The van der Waals surface area contributed by atoms with Crippen LogP contribution in [0.25, 0.3) is 0 Å². The van der Waals surface area contributed by atoms with Crippen LogP contribution >= 0.6 is 0 Å². The molecule has 1 aromatic rings. The van der Waals surface area contributed by atoms with Crippen molar-refractivity contribution < 1.29 is 28.5 Å². The second-order valence-corrected chi connectivity index (χ2v) is 5.89. The fourth-order valence-corrected chi connectivity index (χ4v) is 3.12. The predicted octanol–water partition coefficient (Wildman–Crippen LogP) is 0.714. The number of hydrogen-bond donors (Lipinski definition) is 0. The largest absolute Gasteiger partial charge is 0.485 e. The van der Waals surface area contributed by atoms with Gasteiger partial charge in [0, 0.05) is 21.3 Å². The highest BCUT2D eigenvalue weighted by Gasteiger charge is 2.41. The van der Waals surface area contributed by atoms with E-state index in [-0.39, 0.29) is 30.8 Å². The SMILES string of the molecule is CO[C@H]1[C@H](N(C)C(=O)C2COc3ccccc3O2)COC[C@H]1OC. The zero-order valence-electron chi connectivity index (χ0n) is 14.1. The molecule has 1 unspecified atom stereocenters. The minimum Gasteiger partial charge on any atom is -0.485 e. The van der Waals surface area contributed by atoms with E-state index in [9.17, 15) is 4.79 Å². The number of nitrogens with zero attached hydrogens (tertiary/aromatic N) is 1. The second kappa shape index (κ2) is 7.38. The average Bonchev–Trinajstić information content (AvgIpc) is 2.65. The molecule has 2 aliphatic heterocycles. The molecule has 0 N–H and O–H groups in total. The fourth-order valence-electron chi connectivity index (χ4n) is 3.12. The van der Waals surface area contributed by atoms with Crippen molar-refractivity contribution in [1.82, 2.24) is 4.90 Å². The van der Waals surface area contributed by atoms with Crippen molar-refractivity contribution >= 4 is 5.91 Å². The molecule has 7 nitrogen and oxygen atoms in total. The van der Waals surface area contributed by atoms with Gasteiger partial charge in [-0.2, -0.15) is 0 Å². The summed E-state index contributed by atoms with van der Waals surface area (Å²) in [4.78, 5) is 14.4. The van der Waals surface area contributed by atoms with Gasteiger partial charge in [0.25, 0.3) is 5.91 Å². The van der Waals surface area contributed by atoms with Gasteiger partial charge >= 0.3 is 0 Å². The van der Waals surface area contributed by atoms with Crippen LogP contribution in [0.15, 0.2) is 24.3 Å². The van der Waals surface area contributed by atoms with Gasteiger partial charge in [-0.05, 0) is 12.1 Å². The molecule has 3 rings (SSSR count). The van der Waals surface area contributed by atoms with E-state index in [2.05, 4.69) is 0 Å². The van der Waals surface area contributed by atoms with Crippen LogP contribution in [0.3, 0.4) is 0 Å². The zero-order valence-corrected chi connectivity index (χ0v) is 14.1. The Morgan fingerprint density at radius 3 is 2.58 bits per heavy atom. The summed E-state index contributed by atoms with van der Waals surface area (Å²) in [6, 6.07) is 7.07. The molecule has 1 aromatic carbocycles. The van der Waals surface area contributed by atoms with E-state index in [0.29, 0.717) is 24.7 Å². The third kappa shape index (κ3) is 3.19. The van der Waals surface area contributed by atoms with Gasteiger partial charge in [0.2, 0.25) is 6.10 Å². The highest BCUT2D eigenvalue weighted by molar-refractivity contribution is 5.82. The van der Waals surface area contributed by atoms with Crippen LogP contribution in [0, 0.1) is 0 Å². The molecule has 1 saturated heterocycles. The van der Waals surface area contributed by atoms with E-state index in [1.807, 2.05) is 18.2 Å². The first-order chi connectivity index (χ1) is 11.7. The number of carbonyl (C=O) groups is 1. The molecule has 132 valence electrons. The smallest absolute Gasteiger partial charge is 0.267 e. The van der Waals surface area contributed by atoms with Crippen LogP contribution in [-0.4, -0.2) is 76.2 Å². The fraction of sp³-hybridized carbons (Fsp3) is 0.588. The normalized spacial score (nSPS) is 29.1. The number of ether oxygens (including phenoxy) is 5. The van der Waals surface area contributed by atoms with Crippen molar-refractivity contribution in [1.29, 1.82) is 0 Å². The van der Waals surface area contributed by atoms with Gasteiger partial charge in [0.1, 0.15) is 18.8 Å². The van der Waals surface area contributed by atoms with Gasteiger partial charge in [-0.25, -0.2) is 0 Å². The second-order valence-electron chi connectivity index (χ2n) is 5.89. The molecule has 4 atom stereocenters. The van der Waals surface area contributed by atoms with Crippen LogP contribution in [0.2, 0.25) is 0 Å². The summed E-state index contributed by atoms with van der Waals surface area (Å²) in [5.41, 5.74) is 0. The Bertz CT molecular complexity index is 580. The van der Waals surface area contributed by atoms with Crippen LogP contribution < -0.4 is 9.47 Å². The number of para-hydroxylation sites is 2. The Morgan fingerprint density at radius 2 is 1.88 bits per heavy atom. The number of likely N-dealkylation sites (N-methyl/N-ethyl adjacent to an activating group) is 1. The molecule has 0 radical (unpaired) electrons. The third-order valence-corrected chi connectivity index (χ3v) is 4.52. The number of hydrogen-bond acceptors (Lipinski definition) is 6.